The normalized spacial score (nSPS) is 32.0. The highest BCUT2D eigenvalue weighted by molar-refractivity contribution is 5.30. The van der Waals surface area contributed by atoms with Crippen LogP contribution in [0.15, 0.2) is 24.3 Å². The topological polar surface area (TPSA) is 29.3 Å². The number of aryl methyl sites for hydroxylation is 1. The number of piperidine rings is 1. The molecule has 0 bridgehead atoms. The van der Waals surface area contributed by atoms with E-state index in [1.165, 1.54) is 45.2 Å². The van der Waals surface area contributed by atoms with Gasteiger partial charge in [0.1, 0.15) is 0 Å². The lowest BCUT2D eigenvalue weighted by molar-refractivity contribution is 0.0983. The summed E-state index contributed by atoms with van der Waals surface area (Å²) in [7, 11) is 0. The van der Waals surface area contributed by atoms with Crippen LogP contribution in [0, 0.1) is 5.92 Å². The molecule has 104 valence electrons. The Hall–Kier alpha value is -0.860. The Morgan fingerprint density at radius 3 is 2.79 bits per heavy atom. The monoisotopic (exact) mass is 258 g/mol. The number of hydrogen-bond acceptors (Lipinski definition) is 2. The predicted octanol–water partition coefficient (Wildman–Crippen LogP) is 2.60. The molecule has 0 aromatic heterocycles. The molecule has 1 saturated heterocycles. The van der Waals surface area contributed by atoms with E-state index in [2.05, 4.69) is 36.1 Å². The minimum Gasteiger partial charge on any atom is -0.327 e. The van der Waals surface area contributed by atoms with Crippen LogP contribution in [0.1, 0.15) is 37.3 Å². The molecule has 1 aromatic rings. The molecule has 1 aliphatic heterocycles. The summed E-state index contributed by atoms with van der Waals surface area (Å²) in [6.07, 6.45) is 6.21. The fourth-order valence-corrected chi connectivity index (χ4v) is 3.83. The maximum atomic E-state index is 6.23. The van der Waals surface area contributed by atoms with Crippen molar-refractivity contribution in [2.45, 2.75) is 51.1 Å². The van der Waals surface area contributed by atoms with Crippen LogP contribution in [0.25, 0.3) is 0 Å². The Bertz CT molecular complexity index is 429. The first-order valence-electron chi connectivity index (χ1n) is 7.84. The Morgan fingerprint density at radius 2 is 2.00 bits per heavy atom. The molecule has 1 aliphatic carbocycles. The first kappa shape index (κ1) is 13.1. The maximum Gasteiger partial charge on any atom is 0.0139 e. The zero-order valence-electron chi connectivity index (χ0n) is 12.0. The molecule has 0 radical (unpaired) electrons. The molecule has 3 unspecified atom stereocenters. The zero-order chi connectivity index (χ0) is 13.2. The molecule has 2 N–H and O–H groups in total. The molecule has 1 heterocycles. The van der Waals surface area contributed by atoms with Gasteiger partial charge in [0.05, 0.1) is 0 Å². The summed E-state index contributed by atoms with van der Waals surface area (Å²) in [5, 5.41) is 0. The lowest BCUT2D eigenvalue weighted by atomic mass is 9.84. The van der Waals surface area contributed by atoms with E-state index < -0.39 is 0 Å². The van der Waals surface area contributed by atoms with Crippen LogP contribution < -0.4 is 5.73 Å². The quantitative estimate of drug-likeness (QED) is 0.883. The van der Waals surface area contributed by atoms with Crippen molar-refractivity contribution in [2.24, 2.45) is 11.7 Å². The number of benzene rings is 1. The van der Waals surface area contributed by atoms with E-state index in [-0.39, 0.29) is 0 Å². The minimum absolute atomic E-state index is 0.428. The summed E-state index contributed by atoms with van der Waals surface area (Å²) < 4.78 is 0. The molecule has 1 fully saturated rings. The van der Waals surface area contributed by atoms with Crippen molar-refractivity contribution in [2.75, 3.05) is 13.1 Å². The summed E-state index contributed by atoms with van der Waals surface area (Å²) in [5.41, 5.74) is 9.37. The standard InChI is InChI=1S/C17H26N2/c1-2-13-12-19(10-9-17(13)18)16-8-7-14-5-3-4-6-15(14)11-16/h3-6,13,16-17H,2,7-12,18H2,1H3. The second-order valence-electron chi connectivity index (χ2n) is 6.28. The van der Waals surface area contributed by atoms with E-state index in [1.54, 1.807) is 11.1 Å². The zero-order valence-corrected chi connectivity index (χ0v) is 12.0. The Labute approximate surface area is 117 Å². The molecule has 0 amide bonds. The number of hydrogen-bond donors (Lipinski definition) is 1. The van der Waals surface area contributed by atoms with Gasteiger partial charge in [-0.15, -0.1) is 0 Å². The van der Waals surface area contributed by atoms with Gasteiger partial charge in [0.25, 0.3) is 0 Å². The van der Waals surface area contributed by atoms with Crippen LogP contribution in [0.2, 0.25) is 0 Å². The van der Waals surface area contributed by atoms with Crippen LogP contribution in [0.4, 0.5) is 0 Å². The molecule has 0 spiro atoms. The largest absolute Gasteiger partial charge is 0.327 e. The Morgan fingerprint density at radius 1 is 1.21 bits per heavy atom. The molecule has 2 aliphatic rings. The van der Waals surface area contributed by atoms with E-state index in [4.69, 9.17) is 5.73 Å². The highest BCUT2D eigenvalue weighted by Gasteiger charge is 2.31. The average molecular weight is 258 g/mol. The summed E-state index contributed by atoms with van der Waals surface area (Å²) in [6, 6.07) is 10.1. The molecule has 0 saturated carbocycles. The molecule has 3 atom stereocenters. The van der Waals surface area contributed by atoms with Crippen LogP contribution >= 0.6 is 0 Å². The number of nitrogens with zero attached hydrogens (tertiary/aromatic N) is 1. The molecule has 2 heteroatoms. The molecule has 2 nitrogen and oxygen atoms in total. The van der Waals surface area contributed by atoms with Crippen LogP contribution in [0.5, 0.6) is 0 Å². The average Bonchev–Trinajstić information content (AvgIpc) is 2.47. The van der Waals surface area contributed by atoms with Crippen molar-refractivity contribution < 1.29 is 0 Å². The highest BCUT2D eigenvalue weighted by Crippen LogP contribution is 2.28. The van der Waals surface area contributed by atoms with Crippen molar-refractivity contribution >= 4 is 0 Å². The van der Waals surface area contributed by atoms with Crippen LogP contribution in [-0.2, 0) is 12.8 Å². The third-order valence-corrected chi connectivity index (χ3v) is 5.19. The van der Waals surface area contributed by atoms with Gasteiger partial charge >= 0.3 is 0 Å². The van der Waals surface area contributed by atoms with E-state index >= 15 is 0 Å². The van der Waals surface area contributed by atoms with E-state index in [1.807, 2.05) is 0 Å². The van der Waals surface area contributed by atoms with Crippen molar-refractivity contribution in [1.29, 1.82) is 0 Å². The summed E-state index contributed by atoms with van der Waals surface area (Å²) >= 11 is 0. The van der Waals surface area contributed by atoms with Gasteiger partial charge in [-0.2, -0.15) is 0 Å². The lowest BCUT2D eigenvalue weighted by Gasteiger charge is -2.42. The fraction of sp³-hybridized carbons (Fsp3) is 0.647. The van der Waals surface area contributed by atoms with Crippen molar-refractivity contribution in [3.8, 4) is 0 Å². The number of rotatable bonds is 2. The lowest BCUT2D eigenvalue weighted by Crippen LogP contribution is -2.51. The van der Waals surface area contributed by atoms with E-state index in [0.717, 1.165) is 6.04 Å². The van der Waals surface area contributed by atoms with E-state index in [9.17, 15) is 0 Å². The van der Waals surface area contributed by atoms with Crippen LogP contribution in [-0.4, -0.2) is 30.1 Å². The van der Waals surface area contributed by atoms with Crippen molar-refractivity contribution in [3.63, 3.8) is 0 Å². The van der Waals surface area contributed by atoms with Gasteiger partial charge in [0.2, 0.25) is 0 Å². The molecule has 1 aromatic carbocycles. The third kappa shape index (κ3) is 2.70. The molecular weight excluding hydrogens is 232 g/mol. The first-order chi connectivity index (χ1) is 9.28. The number of likely N-dealkylation sites (tertiary alicyclic amines) is 1. The van der Waals surface area contributed by atoms with Gasteiger partial charge in [-0.1, -0.05) is 37.6 Å². The minimum atomic E-state index is 0.428. The molecule has 3 rings (SSSR count). The molecule has 19 heavy (non-hydrogen) atoms. The smallest absolute Gasteiger partial charge is 0.0139 e. The van der Waals surface area contributed by atoms with E-state index in [0.29, 0.717) is 12.0 Å². The number of fused-ring (bicyclic) bond motifs is 1. The Balaban J connectivity index is 1.68. The second kappa shape index (κ2) is 5.64. The Kier molecular flexibility index (Phi) is 3.90. The fourth-order valence-electron chi connectivity index (χ4n) is 3.83. The second-order valence-corrected chi connectivity index (χ2v) is 6.28. The highest BCUT2D eigenvalue weighted by atomic mass is 15.2. The summed E-state index contributed by atoms with van der Waals surface area (Å²) in [4.78, 5) is 2.72. The van der Waals surface area contributed by atoms with Gasteiger partial charge in [-0.3, -0.25) is 4.90 Å². The van der Waals surface area contributed by atoms with Crippen LogP contribution in [0.3, 0.4) is 0 Å². The van der Waals surface area contributed by atoms with Crippen molar-refractivity contribution in [3.05, 3.63) is 35.4 Å². The van der Waals surface area contributed by atoms with Crippen molar-refractivity contribution in [1.82, 2.24) is 4.90 Å². The summed E-state index contributed by atoms with van der Waals surface area (Å²) in [6.45, 7) is 4.69. The SMILES string of the molecule is CCC1CN(C2CCc3ccccc3C2)CCC1N. The first-order valence-corrected chi connectivity index (χ1v) is 7.84. The summed E-state index contributed by atoms with van der Waals surface area (Å²) in [5.74, 6) is 0.700. The van der Waals surface area contributed by atoms with Gasteiger partial charge in [0, 0.05) is 18.6 Å². The third-order valence-electron chi connectivity index (χ3n) is 5.19. The predicted molar refractivity (Wildman–Crippen MR) is 80.2 cm³/mol. The van der Waals surface area contributed by atoms with Gasteiger partial charge < -0.3 is 5.73 Å². The van der Waals surface area contributed by atoms with Gasteiger partial charge in [-0.25, -0.2) is 0 Å². The van der Waals surface area contributed by atoms with Gasteiger partial charge in [-0.05, 0) is 49.3 Å². The number of nitrogens with two attached hydrogens (primary N) is 1. The maximum absolute atomic E-state index is 6.23. The van der Waals surface area contributed by atoms with Gasteiger partial charge in [0.15, 0.2) is 0 Å². The molecular formula is C17H26N2.